The van der Waals surface area contributed by atoms with Gasteiger partial charge >= 0.3 is 0 Å². The molecule has 0 saturated carbocycles. The van der Waals surface area contributed by atoms with E-state index in [0.717, 1.165) is 5.69 Å². The summed E-state index contributed by atoms with van der Waals surface area (Å²) < 4.78 is 0. The first kappa shape index (κ1) is 18.8. The summed E-state index contributed by atoms with van der Waals surface area (Å²) >= 11 is 0. The van der Waals surface area contributed by atoms with Crippen molar-refractivity contribution in [3.8, 4) is 0 Å². The third-order valence-corrected chi connectivity index (χ3v) is 4.49. The molecule has 0 atom stereocenters. The first-order chi connectivity index (χ1) is 13.0. The zero-order chi connectivity index (χ0) is 19.2. The molecule has 0 aliphatic carbocycles. The highest BCUT2D eigenvalue weighted by Crippen LogP contribution is 2.33. The molecule has 2 aromatic carbocycles. The Balaban J connectivity index is 1.82. The zero-order valence-corrected chi connectivity index (χ0v) is 16.4. The summed E-state index contributed by atoms with van der Waals surface area (Å²) in [6, 6.07) is 16.6. The van der Waals surface area contributed by atoms with Crippen LogP contribution in [0.25, 0.3) is 0 Å². The van der Waals surface area contributed by atoms with Crippen LogP contribution in [-0.4, -0.2) is 15.2 Å². The second-order valence-corrected chi connectivity index (χ2v) is 7.25. The molecule has 5 heteroatoms. The highest BCUT2D eigenvalue weighted by atomic mass is 15.3. The van der Waals surface area contributed by atoms with Crippen LogP contribution in [0.3, 0.4) is 0 Å². The molecule has 3 rings (SSSR count). The van der Waals surface area contributed by atoms with Gasteiger partial charge in [-0.3, -0.25) is 0 Å². The van der Waals surface area contributed by atoms with Crippen LogP contribution in [0.1, 0.15) is 56.2 Å². The molecular formula is C22H27N5. The molecular weight excluding hydrogens is 334 g/mol. The normalized spacial score (nSPS) is 11.0. The van der Waals surface area contributed by atoms with E-state index in [1.165, 1.54) is 16.7 Å². The number of para-hydroxylation sites is 1. The van der Waals surface area contributed by atoms with Crippen LogP contribution in [0.2, 0.25) is 0 Å². The maximum atomic E-state index is 4.59. The molecule has 5 nitrogen and oxygen atoms in total. The average molecular weight is 361 g/mol. The molecule has 0 aliphatic heterocycles. The predicted octanol–water partition coefficient (Wildman–Crippen LogP) is 5.47. The Bertz CT molecular complexity index is 849. The third-order valence-electron chi connectivity index (χ3n) is 4.49. The molecule has 0 unspecified atom stereocenters. The van der Waals surface area contributed by atoms with Crippen molar-refractivity contribution in [1.29, 1.82) is 0 Å². The van der Waals surface area contributed by atoms with E-state index in [2.05, 4.69) is 83.8 Å². The maximum Gasteiger partial charge on any atom is 0.249 e. The van der Waals surface area contributed by atoms with E-state index in [1.807, 2.05) is 18.2 Å². The van der Waals surface area contributed by atoms with Gasteiger partial charge in [-0.25, -0.2) is 0 Å². The SMILES string of the molecule is CC(C)c1cccc(C(C)C)c1Nc1nncc(NCc2ccccc2)n1. The fraction of sp³-hybridized carbons (Fsp3) is 0.318. The van der Waals surface area contributed by atoms with Gasteiger partial charge in [0, 0.05) is 12.2 Å². The summed E-state index contributed by atoms with van der Waals surface area (Å²) in [4.78, 5) is 4.59. The Morgan fingerprint density at radius 1 is 0.852 bits per heavy atom. The van der Waals surface area contributed by atoms with E-state index >= 15 is 0 Å². The van der Waals surface area contributed by atoms with E-state index in [1.54, 1.807) is 6.20 Å². The highest BCUT2D eigenvalue weighted by Gasteiger charge is 2.15. The minimum atomic E-state index is 0.401. The maximum absolute atomic E-state index is 4.59. The second kappa shape index (κ2) is 8.62. The summed E-state index contributed by atoms with van der Waals surface area (Å²) in [5.74, 6) is 2.00. The largest absolute Gasteiger partial charge is 0.365 e. The minimum Gasteiger partial charge on any atom is -0.365 e. The van der Waals surface area contributed by atoms with Crippen molar-refractivity contribution < 1.29 is 0 Å². The molecule has 0 amide bonds. The van der Waals surface area contributed by atoms with Gasteiger partial charge in [-0.2, -0.15) is 10.1 Å². The standard InChI is InChI=1S/C22H27N5/c1-15(2)18-11-8-12-19(16(3)4)21(18)26-22-25-20(14-24-27-22)23-13-17-9-6-5-7-10-17/h5-12,14-16H,13H2,1-4H3,(H2,23,25,26,27). The van der Waals surface area contributed by atoms with Crippen molar-refractivity contribution in [2.45, 2.75) is 46.1 Å². The summed E-state index contributed by atoms with van der Waals surface area (Å²) in [6.45, 7) is 9.48. The fourth-order valence-electron chi connectivity index (χ4n) is 3.04. The highest BCUT2D eigenvalue weighted by molar-refractivity contribution is 5.65. The number of anilines is 3. The molecule has 0 fully saturated rings. The Morgan fingerprint density at radius 2 is 1.52 bits per heavy atom. The van der Waals surface area contributed by atoms with Gasteiger partial charge in [-0.15, -0.1) is 5.10 Å². The van der Waals surface area contributed by atoms with Crippen molar-refractivity contribution in [3.05, 3.63) is 71.4 Å². The molecule has 2 N–H and O–H groups in total. The Labute approximate surface area is 161 Å². The van der Waals surface area contributed by atoms with Gasteiger partial charge in [0.25, 0.3) is 0 Å². The van der Waals surface area contributed by atoms with E-state index in [0.29, 0.717) is 30.1 Å². The van der Waals surface area contributed by atoms with Crippen molar-refractivity contribution in [2.24, 2.45) is 0 Å². The smallest absolute Gasteiger partial charge is 0.249 e. The molecule has 0 aliphatic rings. The zero-order valence-electron chi connectivity index (χ0n) is 16.4. The van der Waals surface area contributed by atoms with Gasteiger partial charge < -0.3 is 10.6 Å². The van der Waals surface area contributed by atoms with Crippen LogP contribution in [0.15, 0.2) is 54.7 Å². The lowest BCUT2D eigenvalue weighted by Crippen LogP contribution is -2.08. The van der Waals surface area contributed by atoms with E-state index in [9.17, 15) is 0 Å². The van der Waals surface area contributed by atoms with E-state index < -0.39 is 0 Å². The van der Waals surface area contributed by atoms with Gasteiger partial charge in [-0.1, -0.05) is 76.2 Å². The quantitative estimate of drug-likeness (QED) is 0.584. The van der Waals surface area contributed by atoms with E-state index in [-0.39, 0.29) is 0 Å². The lowest BCUT2D eigenvalue weighted by Gasteiger charge is -2.20. The molecule has 0 spiro atoms. The molecule has 0 saturated heterocycles. The van der Waals surface area contributed by atoms with Crippen molar-refractivity contribution in [2.75, 3.05) is 10.6 Å². The molecule has 0 radical (unpaired) electrons. The Hall–Kier alpha value is -2.95. The molecule has 140 valence electrons. The third kappa shape index (κ3) is 4.82. The molecule has 3 aromatic rings. The number of nitrogens with one attached hydrogen (secondary N) is 2. The summed E-state index contributed by atoms with van der Waals surface area (Å²) in [5.41, 5.74) is 4.79. The van der Waals surface area contributed by atoms with Crippen LogP contribution in [-0.2, 0) is 6.54 Å². The number of aromatic nitrogens is 3. The van der Waals surface area contributed by atoms with Gasteiger partial charge in [0.05, 0.1) is 6.20 Å². The van der Waals surface area contributed by atoms with Gasteiger partial charge in [0.2, 0.25) is 5.95 Å². The molecule has 1 aromatic heterocycles. The summed E-state index contributed by atoms with van der Waals surface area (Å²) in [5, 5.41) is 15.0. The topological polar surface area (TPSA) is 62.7 Å². The number of rotatable bonds is 7. The van der Waals surface area contributed by atoms with Crippen LogP contribution >= 0.6 is 0 Å². The number of hydrogen-bond donors (Lipinski definition) is 2. The van der Waals surface area contributed by atoms with Crippen molar-refractivity contribution in [1.82, 2.24) is 15.2 Å². The monoisotopic (exact) mass is 361 g/mol. The summed E-state index contributed by atoms with van der Waals surface area (Å²) in [7, 11) is 0. The van der Waals surface area contributed by atoms with Crippen LogP contribution in [0.4, 0.5) is 17.5 Å². The Kier molecular flexibility index (Phi) is 6.01. The van der Waals surface area contributed by atoms with Crippen molar-refractivity contribution >= 4 is 17.5 Å². The predicted molar refractivity (Wildman–Crippen MR) is 111 cm³/mol. The first-order valence-corrected chi connectivity index (χ1v) is 9.42. The van der Waals surface area contributed by atoms with Crippen LogP contribution in [0.5, 0.6) is 0 Å². The lowest BCUT2D eigenvalue weighted by molar-refractivity contribution is 0.836. The first-order valence-electron chi connectivity index (χ1n) is 9.42. The second-order valence-electron chi connectivity index (χ2n) is 7.25. The average Bonchev–Trinajstić information content (AvgIpc) is 2.67. The number of nitrogens with zero attached hydrogens (tertiary/aromatic N) is 3. The van der Waals surface area contributed by atoms with Crippen LogP contribution < -0.4 is 10.6 Å². The van der Waals surface area contributed by atoms with Gasteiger partial charge in [0.15, 0.2) is 5.82 Å². The summed E-state index contributed by atoms with van der Waals surface area (Å²) in [6.07, 6.45) is 1.64. The molecule has 27 heavy (non-hydrogen) atoms. The number of hydrogen-bond acceptors (Lipinski definition) is 5. The minimum absolute atomic E-state index is 0.401. The van der Waals surface area contributed by atoms with Gasteiger partial charge in [-0.05, 0) is 28.5 Å². The van der Waals surface area contributed by atoms with Crippen molar-refractivity contribution in [3.63, 3.8) is 0 Å². The fourth-order valence-corrected chi connectivity index (χ4v) is 3.04. The van der Waals surface area contributed by atoms with Crippen LogP contribution in [0, 0.1) is 0 Å². The molecule has 0 bridgehead atoms. The van der Waals surface area contributed by atoms with Gasteiger partial charge in [0.1, 0.15) is 0 Å². The lowest BCUT2D eigenvalue weighted by atomic mass is 9.93. The number of benzene rings is 2. The Morgan fingerprint density at radius 3 is 2.15 bits per heavy atom. The van der Waals surface area contributed by atoms with E-state index in [4.69, 9.17) is 0 Å². The molecule has 1 heterocycles.